The fraction of sp³-hybridized carbons (Fsp3) is 0.524. The van der Waals surface area contributed by atoms with Crippen molar-refractivity contribution in [3.05, 3.63) is 40.3 Å². The number of hydrogen-bond acceptors (Lipinski definition) is 6. The van der Waals surface area contributed by atoms with Gasteiger partial charge in [0.1, 0.15) is 6.10 Å². The van der Waals surface area contributed by atoms with Crippen LogP contribution in [0, 0.1) is 11.3 Å². The van der Waals surface area contributed by atoms with Gasteiger partial charge in [0.05, 0.1) is 28.9 Å². The highest BCUT2D eigenvalue weighted by atomic mass is 16.6. The summed E-state index contributed by atoms with van der Waals surface area (Å²) in [5, 5.41) is 11.9. The van der Waals surface area contributed by atoms with Crippen molar-refractivity contribution in [2.45, 2.75) is 51.8 Å². The number of hydrogen-bond donors (Lipinski definition) is 1. The van der Waals surface area contributed by atoms with Crippen LogP contribution < -0.4 is 10.9 Å². The lowest BCUT2D eigenvalue weighted by Gasteiger charge is -2.32. The standard InChI is InChI=1S/C21H27N5O3/c1-21(2,3)24-20(28)29-16-6-8-25(9-7-16)10-11-26-18-5-4-15(13-22)12-17(18)23-14-19(26)27/h4-5,12,14,16H,6-11H2,1-3H3,(H,24,28). The normalized spacial score (nSPS) is 15.8. The van der Waals surface area contributed by atoms with Crippen molar-refractivity contribution < 1.29 is 9.53 Å². The zero-order chi connectivity index (χ0) is 21.0. The first-order valence-corrected chi connectivity index (χ1v) is 9.86. The smallest absolute Gasteiger partial charge is 0.407 e. The van der Waals surface area contributed by atoms with E-state index in [1.165, 1.54) is 6.20 Å². The van der Waals surface area contributed by atoms with E-state index >= 15 is 0 Å². The highest BCUT2D eigenvalue weighted by molar-refractivity contribution is 5.76. The van der Waals surface area contributed by atoms with Crippen molar-refractivity contribution in [2.75, 3.05) is 19.6 Å². The largest absolute Gasteiger partial charge is 0.446 e. The van der Waals surface area contributed by atoms with Crippen LogP contribution >= 0.6 is 0 Å². The first kappa shape index (κ1) is 20.8. The van der Waals surface area contributed by atoms with Gasteiger partial charge in [0.25, 0.3) is 5.56 Å². The highest BCUT2D eigenvalue weighted by Gasteiger charge is 2.24. The summed E-state index contributed by atoms with van der Waals surface area (Å²) in [5.74, 6) is 0. The number of nitrogens with zero attached hydrogens (tertiary/aromatic N) is 4. The van der Waals surface area contributed by atoms with Crippen LogP contribution in [0.15, 0.2) is 29.2 Å². The van der Waals surface area contributed by atoms with Crippen LogP contribution in [0.3, 0.4) is 0 Å². The number of ether oxygens (including phenoxy) is 1. The van der Waals surface area contributed by atoms with E-state index in [1.54, 1.807) is 22.8 Å². The Morgan fingerprint density at radius 3 is 2.69 bits per heavy atom. The number of benzene rings is 1. The van der Waals surface area contributed by atoms with E-state index in [9.17, 15) is 9.59 Å². The molecule has 0 bridgehead atoms. The Morgan fingerprint density at radius 1 is 1.31 bits per heavy atom. The Bertz CT molecular complexity index is 978. The van der Waals surface area contributed by atoms with Gasteiger partial charge in [-0.05, 0) is 51.8 Å². The monoisotopic (exact) mass is 397 g/mol. The number of amides is 1. The summed E-state index contributed by atoms with van der Waals surface area (Å²) in [6.45, 7) is 8.64. The number of nitriles is 1. The van der Waals surface area contributed by atoms with E-state index in [1.807, 2.05) is 20.8 Å². The number of piperidine rings is 1. The Balaban J connectivity index is 1.56. The number of alkyl carbamates (subject to hydrolysis) is 1. The van der Waals surface area contributed by atoms with Gasteiger partial charge in [0, 0.05) is 31.7 Å². The summed E-state index contributed by atoms with van der Waals surface area (Å²) in [6, 6.07) is 7.26. The van der Waals surface area contributed by atoms with Gasteiger partial charge in [0.15, 0.2) is 0 Å². The molecule has 1 saturated heterocycles. The lowest BCUT2D eigenvalue weighted by Crippen LogP contribution is -2.45. The van der Waals surface area contributed by atoms with Gasteiger partial charge in [-0.2, -0.15) is 5.26 Å². The van der Waals surface area contributed by atoms with Gasteiger partial charge in [-0.25, -0.2) is 9.78 Å². The molecule has 1 aliphatic heterocycles. The molecule has 3 rings (SSSR count). The number of carbonyl (C=O) groups excluding carboxylic acids is 1. The molecule has 1 N–H and O–H groups in total. The van der Waals surface area contributed by atoms with E-state index in [0.717, 1.165) is 38.0 Å². The maximum atomic E-state index is 12.3. The Morgan fingerprint density at radius 2 is 2.03 bits per heavy atom. The number of rotatable bonds is 4. The molecule has 0 spiro atoms. The average Bonchev–Trinajstić information content (AvgIpc) is 2.66. The van der Waals surface area contributed by atoms with E-state index in [0.29, 0.717) is 17.6 Å². The van der Waals surface area contributed by atoms with Crippen molar-refractivity contribution in [3.63, 3.8) is 0 Å². The van der Waals surface area contributed by atoms with Crippen LogP contribution in [0.25, 0.3) is 11.0 Å². The molecular weight excluding hydrogens is 370 g/mol. The summed E-state index contributed by atoms with van der Waals surface area (Å²) in [7, 11) is 0. The number of fused-ring (bicyclic) bond motifs is 1. The van der Waals surface area contributed by atoms with Crippen LogP contribution in [-0.2, 0) is 11.3 Å². The van der Waals surface area contributed by atoms with Crippen molar-refractivity contribution in [3.8, 4) is 6.07 Å². The predicted octanol–water partition coefficient (Wildman–Crippen LogP) is 2.26. The minimum atomic E-state index is -0.373. The summed E-state index contributed by atoms with van der Waals surface area (Å²) >= 11 is 0. The lowest BCUT2D eigenvalue weighted by atomic mass is 10.1. The fourth-order valence-electron chi connectivity index (χ4n) is 3.45. The van der Waals surface area contributed by atoms with Crippen molar-refractivity contribution in [2.24, 2.45) is 0 Å². The van der Waals surface area contributed by atoms with E-state index in [4.69, 9.17) is 10.00 Å². The van der Waals surface area contributed by atoms with Gasteiger partial charge in [0.2, 0.25) is 0 Å². The molecule has 2 aromatic rings. The third-order valence-electron chi connectivity index (χ3n) is 4.90. The van der Waals surface area contributed by atoms with Crippen molar-refractivity contribution in [1.29, 1.82) is 5.26 Å². The minimum absolute atomic E-state index is 0.0810. The van der Waals surface area contributed by atoms with Crippen molar-refractivity contribution in [1.82, 2.24) is 19.8 Å². The second kappa shape index (κ2) is 8.62. The third-order valence-corrected chi connectivity index (χ3v) is 4.90. The van der Waals surface area contributed by atoms with Gasteiger partial charge in [-0.3, -0.25) is 4.79 Å². The molecule has 0 aliphatic carbocycles. The van der Waals surface area contributed by atoms with E-state index in [2.05, 4.69) is 21.3 Å². The molecule has 1 aliphatic rings. The van der Waals surface area contributed by atoms with Gasteiger partial charge >= 0.3 is 6.09 Å². The fourth-order valence-corrected chi connectivity index (χ4v) is 3.45. The van der Waals surface area contributed by atoms with Gasteiger partial charge < -0.3 is 19.5 Å². The minimum Gasteiger partial charge on any atom is -0.446 e. The van der Waals surface area contributed by atoms with Crippen LogP contribution in [0.4, 0.5) is 4.79 Å². The van der Waals surface area contributed by atoms with Crippen LogP contribution in [0.2, 0.25) is 0 Å². The second-order valence-corrected chi connectivity index (χ2v) is 8.38. The first-order valence-electron chi connectivity index (χ1n) is 9.86. The number of nitrogens with one attached hydrogen (secondary N) is 1. The Kier molecular flexibility index (Phi) is 6.18. The maximum Gasteiger partial charge on any atom is 0.407 e. The van der Waals surface area contributed by atoms with Crippen molar-refractivity contribution >= 4 is 17.1 Å². The quantitative estimate of drug-likeness (QED) is 0.849. The highest BCUT2D eigenvalue weighted by Crippen LogP contribution is 2.16. The molecule has 1 fully saturated rings. The molecule has 0 atom stereocenters. The van der Waals surface area contributed by atoms with Crippen LogP contribution in [0.1, 0.15) is 39.2 Å². The molecule has 29 heavy (non-hydrogen) atoms. The van der Waals surface area contributed by atoms with E-state index in [-0.39, 0.29) is 23.3 Å². The molecule has 8 nitrogen and oxygen atoms in total. The molecule has 8 heteroatoms. The summed E-state index contributed by atoms with van der Waals surface area (Å²) in [4.78, 5) is 30.6. The van der Waals surface area contributed by atoms with Gasteiger partial charge in [-0.15, -0.1) is 0 Å². The summed E-state index contributed by atoms with van der Waals surface area (Å²) in [6.07, 6.45) is 2.40. The predicted molar refractivity (Wildman–Crippen MR) is 110 cm³/mol. The average molecular weight is 397 g/mol. The Labute approximate surface area is 170 Å². The second-order valence-electron chi connectivity index (χ2n) is 8.38. The molecular formula is C21H27N5O3. The Hall–Kier alpha value is -2.92. The first-order chi connectivity index (χ1) is 13.7. The topological polar surface area (TPSA) is 100 Å². The summed E-state index contributed by atoms with van der Waals surface area (Å²) < 4.78 is 7.21. The third kappa shape index (κ3) is 5.55. The molecule has 0 unspecified atom stereocenters. The number of carbonyl (C=O) groups is 1. The molecule has 0 radical (unpaired) electrons. The van der Waals surface area contributed by atoms with Crippen LogP contribution in [-0.4, -0.2) is 51.8 Å². The number of likely N-dealkylation sites (tertiary alicyclic amines) is 1. The summed E-state index contributed by atoms with van der Waals surface area (Å²) in [5.41, 5.74) is 1.42. The maximum absolute atomic E-state index is 12.3. The van der Waals surface area contributed by atoms with Gasteiger partial charge in [-0.1, -0.05) is 0 Å². The van der Waals surface area contributed by atoms with E-state index < -0.39 is 0 Å². The zero-order valence-corrected chi connectivity index (χ0v) is 17.1. The number of aromatic nitrogens is 2. The zero-order valence-electron chi connectivity index (χ0n) is 17.1. The lowest BCUT2D eigenvalue weighted by molar-refractivity contribution is 0.0464. The molecule has 154 valence electrons. The van der Waals surface area contributed by atoms with Crippen LogP contribution in [0.5, 0.6) is 0 Å². The molecule has 1 amide bonds. The molecule has 1 aromatic carbocycles. The molecule has 0 saturated carbocycles. The molecule has 1 aromatic heterocycles. The molecule has 2 heterocycles. The SMILES string of the molecule is CC(C)(C)NC(=O)OC1CCN(CCn2c(=O)cnc3cc(C#N)ccc32)CC1.